The number of carbonyl (C=O) groups excluding carboxylic acids is 1. The van der Waals surface area contributed by atoms with Gasteiger partial charge in [0.05, 0.1) is 11.9 Å². The Labute approximate surface area is 169 Å². The zero-order valence-corrected chi connectivity index (χ0v) is 16.3. The van der Waals surface area contributed by atoms with Crippen LogP contribution in [0.5, 0.6) is 0 Å². The highest BCUT2D eigenvalue weighted by Gasteiger charge is 2.21. The average molecular weight is 386 g/mol. The number of para-hydroxylation sites is 2. The van der Waals surface area contributed by atoms with Crippen LogP contribution in [0.4, 0.5) is 17.2 Å². The van der Waals surface area contributed by atoms with E-state index in [0.29, 0.717) is 29.4 Å². The minimum absolute atomic E-state index is 0.288. The first-order chi connectivity index (χ1) is 14.1. The predicted molar refractivity (Wildman–Crippen MR) is 116 cm³/mol. The van der Waals surface area contributed by atoms with Crippen molar-refractivity contribution in [1.29, 1.82) is 0 Å². The Morgan fingerprint density at radius 3 is 2.45 bits per heavy atom. The molecule has 6 heteroatoms. The third-order valence-electron chi connectivity index (χ3n) is 4.45. The van der Waals surface area contributed by atoms with Crippen LogP contribution in [0.1, 0.15) is 16.1 Å². The summed E-state index contributed by atoms with van der Waals surface area (Å²) in [5, 5.41) is 7.05. The summed E-state index contributed by atoms with van der Waals surface area (Å²) < 4.78 is 5.87. The second-order valence-corrected chi connectivity index (χ2v) is 7.02. The molecule has 4 rings (SSSR count). The van der Waals surface area contributed by atoms with Gasteiger partial charge in [-0.25, -0.2) is 4.98 Å². The van der Waals surface area contributed by atoms with Gasteiger partial charge in [0.1, 0.15) is 11.4 Å². The van der Waals surface area contributed by atoms with E-state index < -0.39 is 0 Å². The van der Waals surface area contributed by atoms with Crippen LogP contribution in [0.3, 0.4) is 0 Å². The van der Waals surface area contributed by atoms with Gasteiger partial charge in [0.2, 0.25) is 0 Å². The maximum Gasteiger partial charge on any atom is 0.291 e. The summed E-state index contributed by atoms with van der Waals surface area (Å²) in [6.07, 6.45) is 1.62. The van der Waals surface area contributed by atoms with E-state index in [0.717, 1.165) is 16.6 Å². The molecule has 0 atom stereocenters. The molecule has 0 aliphatic carbocycles. The first-order valence-corrected chi connectivity index (χ1v) is 9.35. The number of fused-ring (bicyclic) bond motifs is 1. The Morgan fingerprint density at radius 2 is 1.72 bits per heavy atom. The molecule has 0 radical (unpaired) electrons. The summed E-state index contributed by atoms with van der Waals surface area (Å²) in [6.45, 7) is 0.609. The Morgan fingerprint density at radius 1 is 0.966 bits per heavy atom. The van der Waals surface area contributed by atoms with Crippen molar-refractivity contribution < 1.29 is 9.21 Å². The topological polar surface area (TPSA) is 70.4 Å². The van der Waals surface area contributed by atoms with Crippen LogP contribution in [-0.2, 0) is 6.54 Å². The van der Waals surface area contributed by atoms with E-state index in [1.165, 1.54) is 0 Å². The largest absolute Gasteiger partial charge is 0.451 e. The van der Waals surface area contributed by atoms with Gasteiger partial charge in [-0.15, -0.1) is 0 Å². The predicted octanol–water partition coefficient (Wildman–Crippen LogP) is 4.89. The monoisotopic (exact) mass is 386 g/mol. The minimum Gasteiger partial charge on any atom is -0.451 e. The van der Waals surface area contributed by atoms with Crippen molar-refractivity contribution in [3.63, 3.8) is 0 Å². The molecule has 2 aromatic heterocycles. The van der Waals surface area contributed by atoms with Crippen LogP contribution in [0.25, 0.3) is 11.0 Å². The van der Waals surface area contributed by atoms with E-state index >= 15 is 0 Å². The maximum absolute atomic E-state index is 12.9. The molecule has 2 N–H and O–H groups in total. The van der Waals surface area contributed by atoms with Crippen LogP contribution < -0.4 is 10.6 Å². The zero-order valence-electron chi connectivity index (χ0n) is 16.3. The molecule has 0 aliphatic rings. The Kier molecular flexibility index (Phi) is 5.27. The lowest BCUT2D eigenvalue weighted by Gasteiger charge is -2.10. The fourth-order valence-corrected chi connectivity index (χ4v) is 3.15. The number of hydrogen-bond acceptors (Lipinski definition) is 5. The van der Waals surface area contributed by atoms with Crippen LogP contribution in [0, 0.1) is 0 Å². The molecule has 2 aromatic carbocycles. The molecule has 0 saturated heterocycles. The number of rotatable bonds is 6. The number of benzene rings is 2. The van der Waals surface area contributed by atoms with Crippen molar-refractivity contribution in [3.05, 3.63) is 84.3 Å². The second kappa shape index (κ2) is 8.16. The number of aromatic nitrogens is 1. The molecule has 0 unspecified atom stereocenters. The number of pyridine rings is 1. The quantitative estimate of drug-likeness (QED) is 0.494. The summed E-state index contributed by atoms with van der Waals surface area (Å²) in [4.78, 5) is 19.3. The Hall–Kier alpha value is -3.64. The van der Waals surface area contributed by atoms with Crippen molar-refractivity contribution >= 4 is 34.1 Å². The number of amides is 1. The van der Waals surface area contributed by atoms with Crippen molar-refractivity contribution in [2.45, 2.75) is 6.54 Å². The molecule has 146 valence electrons. The summed E-state index contributed by atoms with van der Waals surface area (Å²) in [5.41, 5.74) is 3.13. The molecule has 0 spiro atoms. The van der Waals surface area contributed by atoms with Gasteiger partial charge in [0.25, 0.3) is 5.91 Å². The van der Waals surface area contributed by atoms with Crippen molar-refractivity contribution in [2.24, 2.45) is 0 Å². The Bertz CT molecular complexity index is 1120. The fraction of sp³-hybridized carbons (Fsp3) is 0.130. The number of hydrogen-bond donors (Lipinski definition) is 2. The van der Waals surface area contributed by atoms with E-state index in [9.17, 15) is 4.79 Å². The molecular weight excluding hydrogens is 364 g/mol. The summed E-state index contributed by atoms with van der Waals surface area (Å²) >= 11 is 0. The Balaban J connectivity index is 1.53. The summed E-state index contributed by atoms with van der Waals surface area (Å²) in [7, 11) is 3.93. The van der Waals surface area contributed by atoms with Crippen molar-refractivity contribution in [3.8, 4) is 0 Å². The van der Waals surface area contributed by atoms with E-state index in [-0.39, 0.29) is 5.91 Å². The maximum atomic E-state index is 12.9. The van der Waals surface area contributed by atoms with Gasteiger partial charge >= 0.3 is 0 Å². The molecule has 2 heterocycles. The lowest BCUT2D eigenvalue weighted by atomic mass is 10.1. The highest BCUT2D eigenvalue weighted by Crippen LogP contribution is 2.27. The SMILES string of the molecule is CN(C)Cc1c(C(=O)Nc2ccc(Nc3ccccc3)nc2)oc2ccccc12. The normalized spacial score (nSPS) is 11.0. The fourth-order valence-electron chi connectivity index (χ4n) is 3.15. The van der Waals surface area contributed by atoms with E-state index in [4.69, 9.17) is 4.42 Å². The van der Waals surface area contributed by atoms with Gasteiger partial charge < -0.3 is 20.0 Å². The molecule has 6 nitrogen and oxygen atoms in total. The first-order valence-electron chi connectivity index (χ1n) is 9.35. The molecule has 0 fully saturated rings. The smallest absolute Gasteiger partial charge is 0.291 e. The van der Waals surface area contributed by atoms with E-state index in [2.05, 4.69) is 15.6 Å². The summed E-state index contributed by atoms with van der Waals surface area (Å²) in [6, 6.07) is 21.1. The second-order valence-electron chi connectivity index (χ2n) is 7.02. The van der Waals surface area contributed by atoms with E-state index in [1.807, 2.05) is 85.7 Å². The van der Waals surface area contributed by atoms with Gasteiger partial charge in [-0.2, -0.15) is 0 Å². The third kappa shape index (κ3) is 4.28. The molecule has 29 heavy (non-hydrogen) atoms. The summed E-state index contributed by atoms with van der Waals surface area (Å²) in [5.74, 6) is 0.737. The van der Waals surface area contributed by atoms with Gasteiger partial charge in [-0.3, -0.25) is 4.79 Å². The average Bonchev–Trinajstić information content (AvgIpc) is 3.08. The molecular formula is C23H22N4O2. The molecule has 4 aromatic rings. The lowest BCUT2D eigenvalue weighted by Crippen LogP contribution is -2.17. The van der Waals surface area contributed by atoms with Crippen LogP contribution in [0.2, 0.25) is 0 Å². The standard InChI is InChI=1S/C23H22N4O2/c1-27(2)15-19-18-10-6-7-11-20(18)29-22(19)23(28)26-17-12-13-21(24-14-17)25-16-8-4-3-5-9-16/h3-14H,15H2,1-2H3,(H,24,25)(H,26,28). The highest BCUT2D eigenvalue weighted by atomic mass is 16.3. The molecule has 1 amide bonds. The van der Waals surface area contributed by atoms with E-state index in [1.54, 1.807) is 6.20 Å². The minimum atomic E-state index is -0.288. The number of anilines is 3. The molecule has 0 saturated carbocycles. The van der Waals surface area contributed by atoms with Gasteiger partial charge in [0, 0.05) is 23.2 Å². The van der Waals surface area contributed by atoms with Gasteiger partial charge in [-0.05, 0) is 44.4 Å². The number of nitrogens with one attached hydrogen (secondary N) is 2. The van der Waals surface area contributed by atoms with Gasteiger partial charge in [-0.1, -0.05) is 36.4 Å². The lowest BCUT2D eigenvalue weighted by molar-refractivity contribution is 0.0996. The van der Waals surface area contributed by atoms with Crippen LogP contribution >= 0.6 is 0 Å². The van der Waals surface area contributed by atoms with Crippen LogP contribution in [0.15, 0.2) is 77.3 Å². The first kappa shape index (κ1) is 18.7. The number of furan rings is 1. The molecule has 0 aliphatic heterocycles. The molecule has 0 bridgehead atoms. The number of nitrogens with zero attached hydrogens (tertiary/aromatic N) is 2. The number of carbonyl (C=O) groups is 1. The third-order valence-corrected chi connectivity index (χ3v) is 4.45. The van der Waals surface area contributed by atoms with Crippen LogP contribution in [-0.4, -0.2) is 29.9 Å². The van der Waals surface area contributed by atoms with Crippen molar-refractivity contribution in [1.82, 2.24) is 9.88 Å². The van der Waals surface area contributed by atoms with Crippen molar-refractivity contribution in [2.75, 3.05) is 24.7 Å². The highest BCUT2D eigenvalue weighted by molar-refractivity contribution is 6.06. The zero-order chi connectivity index (χ0) is 20.2. The van der Waals surface area contributed by atoms with Gasteiger partial charge in [0.15, 0.2) is 5.76 Å².